The van der Waals surface area contributed by atoms with E-state index < -0.39 is 136 Å². The molecule has 0 radical (unpaired) electrons. The van der Waals surface area contributed by atoms with Crippen molar-refractivity contribution in [3.8, 4) is 44.5 Å². The Hall–Kier alpha value is -6.44. The zero-order chi connectivity index (χ0) is 47.1. The highest BCUT2D eigenvalue weighted by molar-refractivity contribution is 6.21. The molecular weight excluding hydrogens is 593 g/mol. The van der Waals surface area contributed by atoms with Crippen LogP contribution in [0.1, 0.15) is 23.3 Å². The highest BCUT2D eigenvalue weighted by Gasteiger charge is 2.17. The van der Waals surface area contributed by atoms with Crippen molar-refractivity contribution in [3.63, 3.8) is 0 Å². The van der Waals surface area contributed by atoms with Gasteiger partial charge in [-0.1, -0.05) is 157 Å². The summed E-state index contributed by atoms with van der Waals surface area (Å²) in [6.07, 6.45) is 0. The molecule has 0 saturated carbocycles. The minimum atomic E-state index is -0.765. The van der Waals surface area contributed by atoms with Crippen molar-refractivity contribution in [3.05, 3.63) is 182 Å². The largest absolute Gasteiger partial charge is 0.455 e. The molecule has 0 fully saturated rings. The molecule has 49 heavy (non-hydrogen) atoms. The molecular formula is C48H30O. The molecule has 0 aliphatic heterocycles. The van der Waals surface area contributed by atoms with E-state index in [2.05, 4.69) is 0 Å². The first kappa shape index (κ1) is 15.6. The first-order chi connectivity index (χ1) is 31.4. The van der Waals surface area contributed by atoms with Gasteiger partial charge in [0.15, 0.2) is 0 Å². The molecule has 1 heteroatoms. The van der Waals surface area contributed by atoms with Crippen molar-refractivity contribution in [1.29, 1.82) is 0 Å². The van der Waals surface area contributed by atoms with Crippen LogP contribution in [0.5, 0.6) is 0 Å². The molecule has 0 amide bonds. The molecule has 0 aliphatic carbocycles. The van der Waals surface area contributed by atoms with Gasteiger partial charge in [-0.3, -0.25) is 0 Å². The van der Waals surface area contributed by atoms with Crippen LogP contribution in [-0.2, 0) is 0 Å². The van der Waals surface area contributed by atoms with Gasteiger partial charge >= 0.3 is 0 Å². The van der Waals surface area contributed by atoms with Crippen LogP contribution in [0.2, 0.25) is 0 Å². The SMILES string of the molecule is [2H]c1c([2H])c([2H])c(-c2c([2H])c([2H])c3c(oc4c(-c5c([2H])c([2H])c6c([2H])c(-c7c8ccccc8c(-c8ccccc8)c8ccccc78)c([2H])c([2H])c6c5[2H])c([2H])c([2H])c([2H])c43)c2[2H])c([2H])c1[2H]. The van der Waals surface area contributed by atoms with Gasteiger partial charge in [-0.15, -0.1) is 0 Å². The molecule has 228 valence electrons. The number of hydrogen-bond acceptors (Lipinski definition) is 1. The first-order valence-corrected chi connectivity index (χ1v) is 15.5. The van der Waals surface area contributed by atoms with Gasteiger partial charge in [-0.05, 0) is 95.4 Å². The fourth-order valence-electron chi connectivity index (χ4n) is 6.53. The fraction of sp³-hybridized carbons (Fsp3) is 0. The number of furan rings is 1. The highest BCUT2D eigenvalue weighted by Crippen LogP contribution is 2.44. The number of para-hydroxylation sites is 1. The Balaban J connectivity index is 1.30. The van der Waals surface area contributed by atoms with Gasteiger partial charge in [-0.2, -0.15) is 0 Å². The Labute approximate surface area is 308 Å². The first-order valence-electron chi connectivity index (χ1n) is 24.0. The molecule has 9 aromatic carbocycles. The van der Waals surface area contributed by atoms with Crippen LogP contribution in [0.15, 0.2) is 186 Å². The average Bonchev–Trinajstić information content (AvgIpc) is 3.72. The van der Waals surface area contributed by atoms with E-state index in [1.54, 1.807) is 0 Å². The van der Waals surface area contributed by atoms with E-state index in [4.69, 9.17) is 18.1 Å². The Kier molecular flexibility index (Phi) is 3.54. The summed E-state index contributed by atoms with van der Waals surface area (Å²) in [4.78, 5) is 0. The summed E-state index contributed by atoms with van der Waals surface area (Å²) in [6.45, 7) is 0. The molecule has 1 nitrogen and oxygen atoms in total. The molecule has 0 unspecified atom stereocenters. The molecule has 0 aliphatic rings. The lowest BCUT2D eigenvalue weighted by Gasteiger charge is -2.18. The van der Waals surface area contributed by atoms with Crippen LogP contribution in [0.25, 0.3) is 98.8 Å². The summed E-state index contributed by atoms with van der Waals surface area (Å²) in [7, 11) is 0. The quantitative estimate of drug-likeness (QED) is 0.175. The van der Waals surface area contributed by atoms with Crippen molar-refractivity contribution in [2.24, 2.45) is 0 Å². The van der Waals surface area contributed by atoms with Gasteiger partial charge < -0.3 is 4.42 Å². The van der Waals surface area contributed by atoms with Crippen molar-refractivity contribution in [1.82, 2.24) is 0 Å². The third kappa shape index (κ3) is 4.47. The minimum absolute atomic E-state index is 0.000475. The normalized spacial score (nSPS) is 16.5. The number of rotatable bonds is 4. The van der Waals surface area contributed by atoms with Gasteiger partial charge in [-0.25, -0.2) is 0 Å². The maximum Gasteiger partial charge on any atom is 0.143 e. The Morgan fingerprint density at radius 3 is 1.65 bits per heavy atom. The minimum Gasteiger partial charge on any atom is -0.455 e. The van der Waals surface area contributed by atoms with Crippen molar-refractivity contribution in [2.75, 3.05) is 0 Å². The Morgan fingerprint density at radius 2 is 0.959 bits per heavy atom. The lowest BCUT2D eigenvalue weighted by Crippen LogP contribution is -1.90. The van der Waals surface area contributed by atoms with Crippen molar-refractivity contribution in [2.45, 2.75) is 0 Å². The lowest BCUT2D eigenvalue weighted by molar-refractivity contribution is 0.670. The van der Waals surface area contributed by atoms with Crippen LogP contribution in [0.4, 0.5) is 0 Å². The van der Waals surface area contributed by atoms with Crippen molar-refractivity contribution >= 4 is 54.3 Å². The van der Waals surface area contributed by atoms with Gasteiger partial charge in [0, 0.05) is 16.3 Å². The van der Waals surface area contributed by atoms with Crippen LogP contribution < -0.4 is 0 Å². The Bertz CT molecular complexity index is 3760. The van der Waals surface area contributed by atoms with E-state index in [0.717, 1.165) is 21.9 Å². The van der Waals surface area contributed by atoms with E-state index in [9.17, 15) is 9.60 Å². The molecule has 1 heterocycles. The molecule has 1 aromatic heterocycles. The van der Waals surface area contributed by atoms with E-state index in [1.165, 1.54) is 0 Å². The zero-order valence-electron chi connectivity index (χ0n) is 42.4. The Morgan fingerprint density at radius 1 is 0.367 bits per heavy atom. The summed E-state index contributed by atoms with van der Waals surface area (Å²) in [6, 6.07) is 13.2. The van der Waals surface area contributed by atoms with Crippen LogP contribution >= 0.6 is 0 Å². The third-order valence-corrected chi connectivity index (χ3v) is 8.68. The predicted molar refractivity (Wildman–Crippen MR) is 208 cm³/mol. The zero-order valence-corrected chi connectivity index (χ0v) is 25.4. The van der Waals surface area contributed by atoms with Crippen molar-refractivity contribution < 1.29 is 27.7 Å². The summed E-state index contributed by atoms with van der Waals surface area (Å²) in [5.74, 6) is 0. The molecule has 10 aromatic rings. The topological polar surface area (TPSA) is 13.1 Å². The van der Waals surface area contributed by atoms with E-state index >= 15 is 0 Å². The molecule has 0 bridgehead atoms. The average molecular weight is 640 g/mol. The maximum atomic E-state index is 9.71. The summed E-state index contributed by atoms with van der Waals surface area (Å²) >= 11 is 0. The molecule has 0 N–H and O–H groups in total. The summed E-state index contributed by atoms with van der Waals surface area (Å²) in [5, 5.41) is 1.56. The third-order valence-electron chi connectivity index (χ3n) is 8.68. The summed E-state index contributed by atoms with van der Waals surface area (Å²) < 4.78 is 159. The molecule has 0 spiro atoms. The number of hydrogen-bond donors (Lipinski definition) is 0. The van der Waals surface area contributed by atoms with Crippen LogP contribution in [0, 0.1) is 0 Å². The smallest absolute Gasteiger partial charge is 0.143 e. The summed E-state index contributed by atoms with van der Waals surface area (Å²) in [5.41, 5.74) is -0.806. The van der Waals surface area contributed by atoms with Gasteiger partial charge in [0.1, 0.15) is 11.2 Å². The number of fused-ring (bicyclic) bond motifs is 6. The standard InChI is InChI=1S/C48H30O/c1-3-12-31(13-4-1)35-26-27-39-44-21-11-20-38(48(44)49-45(39)30-35)36-24-22-34-29-37(25-23-33(34)28-36)47-42-18-9-7-16-40(42)46(32-14-5-2-6-15-32)41-17-8-10-19-43(41)47/h1-30H/i1D,3D,4D,11D,12D,13D,20D,21D,22D,23D,24D,25D,26D,27D,28D,29D,30D. The fourth-order valence-corrected chi connectivity index (χ4v) is 6.53. The monoisotopic (exact) mass is 639 g/mol. The van der Waals surface area contributed by atoms with Gasteiger partial charge in [0.05, 0.1) is 23.3 Å². The predicted octanol–water partition coefficient (Wildman–Crippen LogP) is 13.7. The molecule has 0 atom stereocenters. The van der Waals surface area contributed by atoms with Gasteiger partial charge in [0.25, 0.3) is 0 Å². The second kappa shape index (κ2) is 11.1. The van der Waals surface area contributed by atoms with Crippen LogP contribution in [0.3, 0.4) is 0 Å². The van der Waals surface area contributed by atoms with E-state index in [1.807, 2.05) is 78.9 Å². The van der Waals surface area contributed by atoms with E-state index in [0.29, 0.717) is 16.3 Å². The maximum absolute atomic E-state index is 9.71. The van der Waals surface area contributed by atoms with Gasteiger partial charge in [0.2, 0.25) is 0 Å². The lowest BCUT2D eigenvalue weighted by atomic mass is 9.85. The highest BCUT2D eigenvalue weighted by atomic mass is 16.3. The van der Waals surface area contributed by atoms with E-state index in [-0.39, 0.29) is 27.1 Å². The second-order valence-corrected chi connectivity index (χ2v) is 11.5. The molecule has 10 rings (SSSR count). The second-order valence-electron chi connectivity index (χ2n) is 11.5. The van der Waals surface area contributed by atoms with Crippen LogP contribution in [-0.4, -0.2) is 0 Å². The number of benzene rings is 9. The molecule has 0 saturated heterocycles.